The Morgan fingerprint density at radius 2 is 2.00 bits per heavy atom. The summed E-state index contributed by atoms with van der Waals surface area (Å²) < 4.78 is 26.6. The third-order valence-corrected chi connectivity index (χ3v) is 7.01. The van der Waals surface area contributed by atoms with Gasteiger partial charge >= 0.3 is 5.97 Å². The van der Waals surface area contributed by atoms with Crippen LogP contribution in [0.25, 0.3) is 21.3 Å². The lowest BCUT2D eigenvalue weighted by atomic mass is 10.1. The predicted molar refractivity (Wildman–Crippen MR) is 136 cm³/mol. The number of para-hydroxylation sites is 1. The van der Waals surface area contributed by atoms with Crippen molar-refractivity contribution < 1.29 is 18.7 Å². The van der Waals surface area contributed by atoms with Gasteiger partial charge in [-0.15, -0.1) is 0 Å². The van der Waals surface area contributed by atoms with Crippen LogP contribution in [-0.4, -0.2) is 48.2 Å². The number of anilines is 1. The van der Waals surface area contributed by atoms with Gasteiger partial charge in [-0.2, -0.15) is 0 Å². The summed E-state index contributed by atoms with van der Waals surface area (Å²) in [7, 11) is 3.56. The van der Waals surface area contributed by atoms with Gasteiger partial charge in [0, 0.05) is 25.7 Å². The summed E-state index contributed by atoms with van der Waals surface area (Å²) in [5.74, 6) is -0.766. The van der Waals surface area contributed by atoms with Crippen LogP contribution < -0.4 is 10.2 Å². The first-order valence-corrected chi connectivity index (χ1v) is 12.3. The standard InChI is InChI=1S/C14H17FN2.C12H11FN2O2S/c15-13-3-1-2-12-11(9-17-14(12)13)6-7-16-8-10-4-5-10;1-15(2)12-14-9(11(16)17)10(18-12)7-4-3-5-8(13)6-7/h1-3,9-10,16-17H,4-8H2;3-6H,1-2H3,(H,16,17). The number of fused-ring (bicyclic) bond motifs is 1. The van der Waals surface area contributed by atoms with Gasteiger partial charge in [0.25, 0.3) is 0 Å². The zero-order valence-electron chi connectivity index (χ0n) is 19.6. The number of H-pyrrole nitrogens is 1. The minimum Gasteiger partial charge on any atom is -0.476 e. The zero-order chi connectivity index (χ0) is 24.9. The van der Waals surface area contributed by atoms with Gasteiger partial charge in [0.1, 0.15) is 11.6 Å². The van der Waals surface area contributed by atoms with Gasteiger partial charge in [0.2, 0.25) is 0 Å². The number of hydrogen-bond donors (Lipinski definition) is 3. The lowest BCUT2D eigenvalue weighted by Crippen LogP contribution is -2.19. The number of aromatic carboxylic acids is 1. The lowest BCUT2D eigenvalue weighted by Gasteiger charge is -2.05. The highest BCUT2D eigenvalue weighted by Crippen LogP contribution is 2.34. The number of carboxylic acid groups (broad SMARTS) is 1. The van der Waals surface area contributed by atoms with E-state index in [0.29, 0.717) is 21.1 Å². The maximum atomic E-state index is 13.5. The van der Waals surface area contributed by atoms with Crippen LogP contribution >= 0.6 is 11.3 Å². The summed E-state index contributed by atoms with van der Waals surface area (Å²) in [6, 6.07) is 11.1. The Bertz CT molecular complexity index is 1310. The van der Waals surface area contributed by atoms with Crippen molar-refractivity contribution in [2.24, 2.45) is 5.92 Å². The van der Waals surface area contributed by atoms with E-state index in [1.54, 1.807) is 37.2 Å². The monoisotopic (exact) mass is 498 g/mol. The SMILES string of the molecule is CN(C)c1nc(C(=O)O)c(-c2cccc(F)c2)s1.Fc1cccc2c(CCNCC3CC3)c[nH]c12. The quantitative estimate of drug-likeness (QED) is 0.277. The van der Waals surface area contributed by atoms with Crippen LogP contribution in [0.4, 0.5) is 13.9 Å². The molecule has 1 aliphatic rings. The minimum absolute atomic E-state index is 0.0469. The summed E-state index contributed by atoms with van der Waals surface area (Å²) in [5, 5.41) is 14.2. The van der Waals surface area contributed by atoms with E-state index in [9.17, 15) is 13.6 Å². The summed E-state index contributed by atoms with van der Waals surface area (Å²) >= 11 is 1.23. The molecule has 184 valence electrons. The molecule has 1 saturated carbocycles. The maximum Gasteiger partial charge on any atom is 0.356 e. The van der Waals surface area contributed by atoms with Crippen molar-refractivity contribution in [3.8, 4) is 10.4 Å². The molecule has 2 aromatic heterocycles. The molecule has 4 aromatic rings. The van der Waals surface area contributed by atoms with E-state index < -0.39 is 11.8 Å². The largest absolute Gasteiger partial charge is 0.476 e. The summed E-state index contributed by atoms with van der Waals surface area (Å²) in [6.45, 7) is 2.11. The number of thiazole rings is 1. The molecule has 35 heavy (non-hydrogen) atoms. The molecule has 6 nitrogen and oxygen atoms in total. The molecule has 1 fully saturated rings. The van der Waals surface area contributed by atoms with Crippen LogP contribution in [0, 0.1) is 17.6 Å². The van der Waals surface area contributed by atoms with Gasteiger partial charge in [-0.25, -0.2) is 18.6 Å². The van der Waals surface area contributed by atoms with Crippen LogP contribution in [-0.2, 0) is 6.42 Å². The highest BCUT2D eigenvalue weighted by molar-refractivity contribution is 7.19. The van der Waals surface area contributed by atoms with Crippen molar-refractivity contribution >= 4 is 33.3 Å². The molecular formula is C26H28F2N4O2S. The number of hydrogen-bond acceptors (Lipinski definition) is 5. The van der Waals surface area contributed by atoms with E-state index in [1.165, 1.54) is 47.9 Å². The number of aromatic amines is 1. The molecule has 0 unspecified atom stereocenters. The van der Waals surface area contributed by atoms with Crippen molar-refractivity contribution in [1.29, 1.82) is 0 Å². The maximum absolute atomic E-state index is 13.5. The predicted octanol–water partition coefficient (Wildman–Crippen LogP) is 5.56. The van der Waals surface area contributed by atoms with Crippen molar-refractivity contribution in [1.82, 2.24) is 15.3 Å². The zero-order valence-corrected chi connectivity index (χ0v) is 20.5. The molecule has 0 saturated heterocycles. The van der Waals surface area contributed by atoms with Crippen LogP contribution in [0.5, 0.6) is 0 Å². The normalized spacial score (nSPS) is 12.9. The average Bonchev–Trinajstić information content (AvgIpc) is 3.37. The number of carboxylic acids is 1. The Morgan fingerprint density at radius 1 is 1.23 bits per heavy atom. The number of rotatable bonds is 8. The van der Waals surface area contributed by atoms with Crippen LogP contribution in [0.2, 0.25) is 0 Å². The Morgan fingerprint density at radius 3 is 2.69 bits per heavy atom. The second kappa shape index (κ2) is 11.0. The molecule has 0 amide bonds. The first-order valence-electron chi connectivity index (χ1n) is 11.5. The Labute approximate surface area is 206 Å². The Kier molecular flexibility index (Phi) is 7.77. The number of halogens is 2. The lowest BCUT2D eigenvalue weighted by molar-refractivity contribution is 0.0692. The second-order valence-electron chi connectivity index (χ2n) is 8.76. The number of benzene rings is 2. The van der Waals surface area contributed by atoms with Gasteiger partial charge in [0.05, 0.1) is 10.4 Å². The molecule has 3 N–H and O–H groups in total. The number of nitrogens with one attached hydrogen (secondary N) is 2. The molecule has 1 aliphatic carbocycles. The molecule has 0 aliphatic heterocycles. The van der Waals surface area contributed by atoms with Crippen LogP contribution in [0.3, 0.4) is 0 Å². The van der Waals surface area contributed by atoms with E-state index in [2.05, 4.69) is 15.3 Å². The van der Waals surface area contributed by atoms with Gasteiger partial charge in [0.15, 0.2) is 10.8 Å². The average molecular weight is 499 g/mol. The van der Waals surface area contributed by atoms with E-state index >= 15 is 0 Å². The first kappa shape index (κ1) is 24.8. The molecule has 0 atom stereocenters. The molecule has 9 heteroatoms. The number of nitrogens with zero attached hydrogens (tertiary/aromatic N) is 2. The van der Waals surface area contributed by atoms with E-state index in [4.69, 9.17) is 5.11 Å². The van der Waals surface area contributed by atoms with Crippen molar-refractivity contribution in [3.63, 3.8) is 0 Å². The van der Waals surface area contributed by atoms with E-state index in [0.717, 1.165) is 30.8 Å². The molecule has 2 heterocycles. The molecule has 2 aromatic carbocycles. The number of carbonyl (C=O) groups is 1. The van der Waals surface area contributed by atoms with E-state index in [-0.39, 0.29) is 11.5 Å². The minimum atomic E-state index is -1.11. The number of aromatic nitrogens is 2. The van der Waals surface area contributed by atoms with Gasteiger partial charge in [-0.3, -0.25) is 0 Å². The fraction of sp³-hybridized carbons (Fsp3) is 0.308. The fourth-order valence-electron chi connectivity index (χ4n) is 3.70. The van der Waals surface area contributed by atoms with Crippen molar-refractivity contribution in [3.05, 3.63) is 71.6 Å². The Hall–Kier alpha value is -3.30. The fourth-order valence-corrected chi connectivity index (χ4v) is 4.68. The Balaban J connectivity index is 0.000000165. The van der Waals surface area contributed by atoms with Crippen molar-refractivity contribution in [2.75, 3.05) is 32.1 Å². The molecule has 5 rings (SSSR count). The van der Waals surface area contributed by atoms with Crippen LogP contribution in [0.15, 0.2) is 48.7 Å². The van der Waals surface area contributed by atoms with Crippen molar-refractivity contribution in [2.45, 2.75) is 19.3 Å². The topological polar surface area (TPSA) is 81.2 Å². The molecule has 0 radical (unpaired) electrons. The van der Waals surface area contributed by atoms with Gasteiger partial charge in [-0.05, 0) is 67.6 Å². The third kappa shape index (κ3) is 6.23. The van der Waals surface area contributed by atoms with Gasteiger partial charge < -0.3 is 20.3 Å². The molecular weight excluding hydrogens is 470 g/mol. The highest BCUT2D eigenvalue weighted by Gasteiger charge is 2.20. The van der Waals surface area contributed by atoms with E-state index in [1.807, 2.05) is 12.3 Å². The summed E-state index contributed by atoms with van der Waals surface area (Å²) in [5.41, 5.74) is 2.31. The van der Waals surface area contributed by atoms with Crippen LogP contribution in [0.1, 0.15) is 28.9 Å². The third-order valence-electron chi connectivity index (χ3n) is 5.74. The second-order valence-corrected chi connectivity index (χ2v) is 9.74. The van der Waals surface area contributed by atoms with Gasteiger partial charge in [-0.1, -0.05) is 35.6 Å². The molecule has 0 bridgehead atoms. The smallest absolute Gasteiger partial charge is 0.356 e. The highest BCUT2D eigenvalue weighted by atomic mass is 32.1. The molecule has 0 spiro atoms. The summed E-state index contributed by atoms with van der Waals surface area (Å²) in [4.78, 5) is 20.4. The summed E-state index contributed by atoms with van der Waals surface area (Å²) in [6.07, 6.45) is 5.64. The first-order chi connectivity index (χ1) is 16.8.